The van der Waals surface area contributed by atoms with E-state index in [0.29, 0.717) is 0 Å². The van der Waals surface area contributed by atoms with Gasteiger partial charge < -0.3 is 8.97 Å². The molecule has 3 heterocycles. The summed E-state index contributed by atoms with van der Waals surface area (Å²) in [4.78, 5) is 0. The van der Waals surface area contributed by atoms with Crippen LogP contribution in [0.3, 0.4) is 0 Å². The topological polar surface area (TPSA) is 0 Å². The van der Waals surface area contributed by atoms with E-state index >= 15 is 0 Å². The van der Waals surface area contributed by atoms with Crippen LogP contribution in [-0.4, -0.2) is 61.3 Å². The van der Waals surface area contributed by atoms with Gasteiger partial charge in [0.2, 0.25) is 0 Å². The summed E-state index contributed by atoms with van der Waals surface area (Å²) in [6.07, 6.45) is 35.4. The van der Waals surface area contributed by atoms with Crippen LogP contribution in [0.4, 0.5) is 0 Å². The highest BCUT2D eigenvalue weighted by molar-refractivity contribution is 4.63. The fourth-order valence-electron chi connectivity index (χ4n) is 7.19. The lowest BCUT2D eigenvalue weighted by molar-refractivity contribution is -1.08. The first kappa shape index (κ1) is 32.1. The molecule has 0 N–H and O–H groups in total. The van der Waals surface area contributed by atoms with Crippen LogP contribution in [0, 0.1) is 0 Å². The number of rotatable bonds is 26. The molecule has 214 valence electrons. The second kappa shape index (κ2) is 20.8. The van der Waals surface area contributed by atoms with Gasteiger partial charge in [-0.3, -0.25) is 0 Å². The van der Waals surface area contributed by atoms with Crippen LogP contribution in [0.2, 0.25) is 0 Å². The second-order valence-electron chi connectivity index (χ2n) is 13.3. The summed E-state index contributed by atoms with van der Waals surface area (Å²) in [6, 6.07) is 0. The van der Waals surface area contributed by atoms with Gasteiger partial charge in [-0.15, -0.1) is 0 Å². The third-order valence-corrected chi connectivity index (χ3v) is 10.1. The van der Waals surface area contributed by atoms with E-state index in [9.17, 15) is 0 Å². The molecule has 0 aromatic rings. The van der Waals surface area contributed by atoms with Gasteiger partial charge in [0.25, 0.3) is 0 Å². The smallest absolute Gasteiger partial charge is 0.129 e. The molecule has 0 atom stereocenters. The highest BCUT2D eigenvalue weighted by Gasteiger charge is 2.48. The van der Waals surface area contributed by atoms with Gasteiger partial charge in [0.1, 0.15) is 39.3 Å². The Morgan fingerprint density at radius 1 is 0.278 bits per heavy atom. The standard InChI is InChI=1S/C34H70N2/c1-3-5-7-9-11-13-15-17-19-21-23-25-27-35-29-32-36(33-30-35,34-31-35)28-26-24-22-20-18-16-14-12-10-8-6-4-2/h3-34H2,1-2H3/q+2. The Hall–Kier alpha value is -0.0800. The molecule has 0 unspecified atom stereocenters. The summed E-state index contributed by atoms with van der Waals surface area (Å²) >= 11 is 0. The summed E-state index contributed by atoms with van der Waals surface area (Å²) in [5.74, 6) is 0. The van der Waals surface area contributed by atoms with Gasteiger partial charge in [0, 0.05) is 0 Å². The van der Waals surface area contributed by atoms with Crippen molar-refractivity contribution in [3.05, 3.63) is 0 Å². The molecule has 0 aromatic heterocycles. The first-order valence-electron chi connectivity index (χ1n) is 17.4. The van der Waals surface area contributed by atoms with Crippen molar-refractivity contribution < 1.29 is 8.97 Å². The van der Waals surface area contributed by atoms with Crippen molar-refractivity contribution in [2.45, 2.75) is 168 Å². The van der Waals surface area contributed by atoms with Gasteiger partial charge in [-0.05, 0) is 25.7 Å². The molecule has 0 amide bonds. The van der Waals surface area contributed by atoms with E-state index < -0.39 is 0 Å². The average Bonchev–Trinajstić information content (AvgIpc) is 2.91. The summed E-state index contributed by atoms with van der Waals surface area (Å²) in [5, 5.41) is 0. The molecular formula is C34H70N2+2. The minimum absolute atomic E-state index is 1.37. The first-order valence-corrected chi connectivity index (χ1v) is 17.4. The number of piperazine rings is 3. The van der Waals surface area contributed by atoms with Crippen molar-refractivity contribution in [3.8, 4) is 0 Å². The molecule has 0 saturated carbocycles. The molecule has 2 nitrogen and oxygen atoms in total. The summed E-state index contributed by atoms with van der Waals surface area (Å²) in [7, 11) is 0. The lowest BCUT2D eigenvalue weighted by atomic mass is 10.0. The quantitative estimate of drug-likeness (QED) is 0.0808. The van der Waals surface area contributed by atoms with Crippen LogP contribution >= 0.6 is 0 Å². The van der Waals surface area contributed by atoms with Gasteiger partial charge in [-0.2, -0.15) is 0 Å². The molecule has 3 saturated heterocycles. The monoisotopic (exact) mass is 507 g/mol. The van der Waals surface area contributed by atoms with Gasteiger partial charge >= 0.3 is 0 Å². The van der Waals surface area contributed by atoms with E-state index in [4.69, 9.17) is 0 Å². The fourth-order valence-corrected chi connectivity index (χ4v) is 7.19. The van der Waals surface area contributed by atoms with E-state index in [-0.39, 0.29) is 0 Å². The number of quaternary nitrogens is 2. The van der Waals surface area contributed by atoms with Gasteiger partial charge in [0.05, 0.1) is 13.1 Å². The molecule has 3 fully saturated rings. The lowest BCUT2D eigenvalue weighted by Gasteiger charge is -2.55. The van der Waals surface area contributed by atoms with E-state index in [0.717, 1.165) is 0 Å². The fraction of sp³-hybridized carbons (Fsp3) is 1.00. The average molecular weight is 507 g/mol. The van der Waals surface area contributed by atoms with Gasteiger partial charge in [-0.25, -0.2) is 0 Å². The molecule has 3 rings (SSSR count). The van der Waals surface area contributed by atoms with Crippen molar-refractivity contribution in [1.29, 1.82) is 0 Å². The minimum Gasteiger partial charge on any atom is -0.310 e. The zero-order valence-electron chi connectivity index (χ0n) is 25.5. The van der Waals surface area contributed by atoms with Gasteiger partial charge in [0.15, 0.2) is 0 Å². The molecular weight excluding hydrogens is 436 g/mol. The third-order valence-electron chi connectivity index (χ3n) is 10.1. The molecule has 3 aliphatic rings. The summed E-state index contributed by atoms with van der Waals surface area (Å²) in [5.41, 5.74) is 0. The molecule has 0 aromatic carbocycles. The van der Waals surface area contributed by atoms with Crippen LogP contribution in [0.1, 0.15) is 168 Å². The Balaban J connectivity index is 1.38. The Bertz CT molecular complexity index is 419. The highest BCUT2D eigenvalue weighted by Crippen LogP contribution is 2.28. The maximum atomic E-state index is 2.31. The minimum atomic E-state index is 1.37. The third kappa shape index (κ3) is 14.2. The Morgan fingerprint density at radius 3 is 0.694 bits per heavy atom. The molecule has 36 heavy (non-hydrogen) atoms. The number of hydrogen-bond donors (Lipinski definition) is 0. The van der Waals surface area contributed by atoms with E-state index in [1.54, 1.807) is 0 Å². The zero-order chi connectivity index (χ0) is 25.6. The van der Waals surface area contributed by atoms with Crippen LogP contribution in [0.15, 0.2) is 0 Å². The summed E-state index contributed by atoms with van der Waals surface area (Å²) in [6.45, 7) is 16.6. The Kier molecular flexibility index (Phi) is 18.6. The predicted octanol–water partition coefficient (Wildman–Crippen LogP) is 10.0. The number of hydrogen-bond acceptors (Lipinski definition) is 0. The molecule has 2 bridgehead atoms. The van der Waals surface area contributed by atoms with Crippen LogP contribution in [0.25, 0.3) is 0 Å². The highest BCUT2D eigenvalue weighted by atomic mass is 15.5. The summed E-state index contributed by atoms with van der Waals surface area (Å²) < 4.78 is 2.99. The largest absolute Gasteiger partial charge is 0.310 e. The van der Waals surface area contributed by atoms with Crippen LogP contribution < -0.4 is 0 Å². The molecule has 3 aliphatic heterocycles. The lowest BCUT2D eigenvalue weighted by Crippen LogP contribution is -2.75. The van der Waals surface area contributed by atoms with Gasteiger partial charge in [-0.1, -0.05) is 142 Å². The van der Waals surface area contributed by atoms with Crippen LogP contribution in [-0.2, 0) is 0 Å². The van der Waals surface area contributed by atoms with Crippen molar-refractivity contribution >= 4 is 0 Å². The molecule has 0 radical (unpaired) electrons. The molecule has 0 aliphatic carbocycles. The first-order chi connectivity index (χ1) is 17.7. The number of unbranched alkanes of at least 4 members (excludes halogenated alkanes) is 22. The van der Waals surface area contributed by atoms with Crippen molar-refractivity contribution in [2.24, 2.45) is 0 Å². The maximum absolute atomic E-state index is 2.31. The predicted molar refractivity (Wildman–Crippen MR) is 162 cm³/mol. The van der Waals surface area contributed by atoms with Crippen LogP contribution in [0.5, 0.6) is 0 Å². The SMILES string of the molecule is CCCCCCCCCCCCCC[N+]12CC[N+](CCCCCCCCCCCCCC)(CC1)CC2. The van der Waals surface area contributed by atoms with E-state index in [1.165, 1.54) is 215 Å². The second-order valence-corrected chi connectivity index (χ2v) is 13.3. The zero-order valence-corrected chi connectivity index (χ0v) is 25.5. The van der Waals surface area contributed by atoms with Crippen molar-refractivity contribution in [1.82, 2.24) is 0 Å². The Morgan fingerprint density at radius 2 is 0.472 bits per heavy atom. The van der Waals surface area contributed by atoms with Crippen molar-refractivity contribution in [2.75, 3.05) is 52.4 Å². The maximum Gasteiger partial charge on any atom is 0.129 e. The molecule has 2 heteroatoms. The van der Waals surface area contributed by atoms with E-state index in [1.807, 2.05) is 0 Å². The Labute approximate surface area is 229 Å². The number of fused-ring (bicyclic) bond motifs is 3. The van der Waals surface area contributed by atoms with Crippen molar-refractivity contribution in [3.63, 3.8) is 0 Å². The molecule has 0 spiro atoms. The van der Waals surface area contributed by atoms with E-state index in [2.05, 4.69) is 13.8 Å². The normalized spacial score (nSPS) is 23.5. The number of nitrogens with zero attached hydrogens (tertiary/aromatic N) is 2.